The number of thiazole rings is 1. The molecule has 0 unspecified atom stereocenters. The average molecular weight is 401 g/mol. The molecule has 0 radical (unpaired) electrons. The van der Waals surface area contributed by atoms with Crippen molar-refractivity contribution >= 4 is 38.3 Å². The lowest BCUT2D eigenvalue weighted by Crippen LogP contribution is -2.14. The van der Waals surface area contributed by atoms with Crippen molar-refractivity contribution in [2.75, 3.05) is 5.32 Å². The first-order chi connectivity index (χ1) is 11.6. The highest BCUT2D eigenvalue weighted by molar-refractivity contribution is 9.10. The predicted octanol–water partition coefficient (Wildman–Crippen LogP) is 5.32. The highest BCUT2D eigenvalue weighted by atomic mass is 79.9. The smallest absolute Gasteiger partial charge is 0.230 e. The van der Waals surface area contributed by atoms with Gasteiger partial charge in [0.25, 0.3) is 0 Å². The number of nitrogens with one attached hydrogen (secondary N) is 1. The molecule has 0 saturated heterocycles. The number of nitrogens with zero attached hydrogens (tertiary/aromatic N) is 1. The van der Waals surface area contributed by atoms with E-state index in [1.165, 1.54) is 16.9 Å². The fourth-order valence-corrected chi connectivity index (χ4v) is 3.33. The zero-order valence-corrected chi connectivity index (χ0v) is 15.7. The van der Waals surface area contributed by atoms with E-state index in [2.05, 4.69) is 45.3 Å². The lowest BCUT2D eigenvalue weighted by molar-refractivity contribution is -0.115. The van der Waals surface area contributed by atoms with Crippen LogP contribution in [-0.2, 0) is 17.6 Å². The third-order valence-corrected chi connectivity index (χ3v) is 4.97. The number of amides is 1. The van der Waals surface area contributed by atoms with E-state index < -0.39 is 0 Å². The van der Waals surface area contributed by atoms with Gasteiger partial charge in [0.1, 0.15) is 0 Å². The topological polar surface area (TPSA) is 42.0 Å². The van der Waals surface area contributed by atoms with Gasteiger partial charge in [0.05, 0.1) is 12.1 Å². The van der Waals surface area contributed by atoms with Crippen LogP contribution in [0.3, 0.4) is 0 Å². The number of aromatic nitrogens is 1. The minimum Gasteiger partial charge on any atom is -0.302 e. The summed E-state index contributed by atoms with van der Waals surface area (Å²) in [5, 5.41) is 5.46. The molecule has 1 N–H and O–H groups in total. The Bertz CT molecular complexity index is 825. The van der Waals surface area contributed by atoms with Crippen molar-refractivity contribution in [3.8, 4) is 11.3 Å². The lowest BCUT2D eigenvalue weighted by Gasteiger charge is -2.03. The molecule has 5 heteroatoms. The minimum atomic E-state index is -0.0454. The summed E-state index contributed by atoms with van der Waals surface area (Å²) in [4.78, 5) is 16.7. The second-order valence-electron chi connectivity index (χ2n) is 5.44. The number of halogens is 1. The van der Waals surface area contributed by atoms with Gasteiger partial charge in [-0.25, -0.2) is 4.98 Å². The minimum absolute atomic E-state index is 0.0454. The molecule has 3 aromatic rings. The Morgan fingerprint density at radius 1 is 1.08 bits per heavy atom. The molecule has 3 rings (SSSR count). The Hall–Kier alpha value is -1.98. The summed E-state index contributed by atoms with van der Waals surface area (Å²) in [5.74, 6) is -0.0454. The number of hydrogen-bond acceptors (Lipinski definition) is 3. The highest BCUT2D eigenvalue weighted by Crippen LogP contribution is 2.26. The predicted molar refractivity (Wildman–Crippen MR) is 103 cm³/mol. The van der Waals surface area contributed by atoms with Crippen molar-refractivity contribution < 1.29 is 4.79 Å². The average Bonchev–Trinajstić information content (AvgIpc) is 3.04. The van der Waals surface area contributed by atoms with E-state index in [9.17, 15) is 4.79 Å². The molecule has 0 bridgehead atoms. The summed E-state index contributed by atoms with van der Waals surface area (Å²) >= 11 is 4.86. The van der Waals surface area contributed by atoms with E-state index in [1.807, 2.05) is 41.8 Å². The Morgan fingerprint density at radius 3 is 2.42 bits per heavy atom. The zero-order valence-electron chi connectivity index (χ0n) is 13.3. The van der Waals surface area contributed by atoms with Crippen LogP contribution in [0.1, 0.15) is 18.1 Å². The molecular formula is C19H17BrN2OS. The number of carbonyl (C=O) groups excluding carboxylic acids is 1. The first kappa shape index (κ1) is 16.9. The van der Waals surface area contributed by atoms with Crippen molar-refractivity contribution in [2.45, 2.75) is 19.8 Å². The van der Waals surface area contributed by atoms with Gasteiger partial charge >= 0.3 is 0 Å². The molecule has 3 nitrogen and oxygen atoms in total. The largest absolute Gasteiger partial charge is 0.302 e. The van der Waals surface area contributed by atoms with E-state index in [1.54, 1.807) is 0 Å². The van der Waals surface area contributed by atoms with Crippen molar-refractivity contribution in [3.63, 3.8) is 0 Å². The van der Waals surface area contributed by atoms with Gasteiger partial charge in [0.15, 0.2) is 5.13 Å². The number of hydrogen-bond donors (Lipinski definition) is 1. The van der Waals surface area contributed by atoms with Crippen LogP contribution in [0.4, 0.5) is 5.13 Å². The van der Waals surface area contributed by atoms with Gasteiger partial charge < -0.3 is 5.32 Å². The number of rotatable bonds is 5. The number of benzene rings is 2. The van der Waals surface area contributed by atoms with Gasteiger partial charge in [-0.1, -0.05) is 59.3 Å². The van der Waals surface area contributed by atoms with Crippen LogP contribution in [0.5, 0.6) is 0 Å². The molecule has 0 fully saturated rings. The SMILES string of the molecule is CCc1ccc(CC(=O)Nc2nc(-c3ccc(Br)cc3)cs2)cc1. The molecule has 1 aromatic heterocycles. The van der Waals surface area contributed by atoms with Crippen molar-refractivity contribution in [2.24, 2.45) is 0 Å². The zero-order chi connectivity index (χ0) is 16.9. The quantitative estimate of drug-likeness (QED) is 0.629. The van der Waals surface area contributed by atoms with Gasteiger partial charge in [0, 0.05) is 15.4 Å². The van der Waals surface area contributed by atoms with E-state index in [0.717, 1.165) is 27.7 Å². The second-order valence-corrected chi connectivity index (χ2v) is 7.21. The van der Waals surface area contributed by atoms with Gasteiger partial charge in [0.2, 0.25) is 5.91 Å². The Morgan fingerprint density at radius 2 is 1.75 bits per heavy atom. The maximum atomic E-state index is 12.2. The molecule has 0 spiro atoms. The Labute approximate surface area is 153 Å². The summed E-state index contributed by atoms with van der Waals surface area (Å²) in [6.07, 6.45) is 1.36. The fourth-order valence-electron chi connectivity index (χ4n) is 2.33. The standard InChI is InChI=1S/C19H17BrN2OS/c1-2-13-3-5-14(6-4-13)11-18(23)22-19-21-17(12-24-19)15-7-9-16(20)10-8-15/h3-10,12H,2,11H2,1H3,(H,21,22,23). The van der Waals surface area contributed by atoms with Gasteiger partial charge in [-0.2, -0.15) is 0 Å². The summed E-state index contributed by atoms with van der Waals surface area (Å²) in [5.41, 5.74) is 4.19. The molecule has 0 aliphatic rings. The molecule has 24 heavy (non-hydrogen) atoms. The third kappa shape index (κ3) is 4.30. The van der Waals surface area contributed by atoms with Crippen molar-refractivity contribution in [1.29, 1.82) is 0 Å². The molecule has 0 atom stereocenters. The summed E-state index contributed by atoms with van der Waals surface area (Å²) in [7, 11) is 0. The maximum absolute atomic E-state index is 12.2. The lowest BCUT2D eigenvalue weighted by atomic mass is 10.1. The fraction of sp³-hybridized carbons (Fsp3) is 0.158. The van der Waals surface area contributed by atoms with E-state index in [4.69, 9.17) is 0 Å². The van der Waals surface area contributed by atoms with Gasteiger partial charge in [-0.3, -0.25) is 4.79 Å². The van der Waals surface area contributed by atoms with Crippen molar-refractivity contribution in [3.05, 3.63) is 69.5 Å². The molecule has 122 valence electrons. The first-order valence-electron chi connectivity index (χ1n) is 7.73. The third-order valence-electron chi connectivity index (χ3n) is 3.69. The van der Waals surface area contributed by atoms with E-state index >= 15 is 0 Å². The highest BCUT2D eigenvalue weighted by Gasteiger charge is 2.09. The summed E-state index contributed by atoms with van der Waals surface area (Å²) in [6, 6.07) is 16.1. The van der Waals surface area contributed by atoms with Crippen LogP contribution in [0.25, 0.3) is 11.3 Å². The Balaban J connectivity index is 1.63. The Kier molecular flexibility index (Phi) is 5.43. The van der Waals surface area contributed by atoms with Crippen molar-refractivity contribution in [1.82, 2.24) is 4.98 Å². The molecule has 1 heterocycles. The number of carbonyl (C=O) groups is 1. The van der Waals surface area contributed by atoms with Crippen LogP contribution < -0.4 is 5.32 Å². The number of aryl methyl sites for hydroxylation is 1. The molecule has 0 saturated carbocycles. The van der Waals surface area contributed by atoms with Crippen LogP contribution >= 0.6 is 27.3 Å². The van der Waals surface area contributed by atoms with Crippen LogP contribution in [0, 0.1) is 0 Å². The van der Waals surface area contributed by atoms with Crippen LogP contribution in [-0.4, -0.2) is 10.9 Å². The van der Waals surface area contributed by atoms with Gasteiger partial charge in [-0.05, 0) is 29.7 Å². The van der Waals surface area contributed by atoms with E-state index in [-0.39, 0.29) is 5.91 Å². The molecular weight excluding hydrogens is 384 g/mol. The van der Waals surface area contributed by atoms with Crippen LogP contribution in [0.2, 0.25) is 0 Å². The summed E-state index contributed by atoms with van der Waals surface area (Å²) in [6.45, 7) is 2.12. The first-order valence-corrected chi connectivity index (χ1v) is 9.40. The molecule has 0 aliphatic heterocycles. The molecule has 1 amide bonds. The normalized spacial score (nSPS) is 10.6. The van der Waals surface area contributed by atoms with E-state index in [0.29, 0.717) is 11.6 Å². The second kappa shape index (κ2) is 7.73. The van der Waals surface area contributed by atoms with Crippen LogP contribution in [0.15, 0.2) is 58.4 Å². The number of anilines is 1. The molecule has 2 aromatic carbocycles. The van der Waals surface area contributed by atoms with Gasteiger partial charge in [-0.15, -0.1) is 11.3 Å². The monoisotopic (exact) mass is 400 g/mol. The summed E-state index contributed by atoms with van der Waals surface area (Å²) < 4.78 is 1.03. The maximum Gasteiger partial charge on any atom is 0.230 e. The molecule has 0 aliphatic carbocycles.